The van der Waals surface area contributed by atoms with Gasteiger partial charge in [0, 0.05) is 68.5 Å². The molecule has 6 aromatic rings. The number of fused-ring (bicyclic) bond motifs is 4. The van der Waals surface area contributed by atoms with Crippen molar-refractivity contribution in [1.82, 2.24) is 49.4 Å². The number of ketones is 2. The predicted octanol–water partition coefficient (Wildman–Crippen LogP) is 6.43. The molecule has 10 rings (SSSR count). The maximum atomic E-state index is 12.5. The van der Waals surface area contributed by atoms with Crippen molar-refractivity contribution >= 4 is 52.0 Å². The number of likely N-dealkylation sites (tertiary alicyclic amines) is 1. The Bertz CT molecular complexity index is 2610. The van der Waals surface area contributed by atoms with Gasteiger partial charge in [0.2, 0.25) is 0 Å². The summed E-state index contributed by atoms with van der Waals surface area (Å²) in [6.45, 7) is 8.73. The Labute approximate surface area is 353 Å². The molecule has 3 N–H and O–H groups in total. The van der Waals surface area contributed by atoms with Crippen molar-refractivity contribution in [2.45, 2.75) is 102 Å². The smallest absolute Gasteiger partial charge is 0.410 e. The van der Waals surface area contributed by atoms with Crippen LogP contribution in [0.2, 0.25) is 0 Å². The van der Waals surface area contributed by atoms with E-state index in [1.54, 1.807) is 20.3 Å². The van der Waals surface area contributed by atoms with Gasteiger partial charge in [-0.15, -0.1) is 0 Å². The summed E-state index contributed by atoms with van der Waals surface area (Å²) in [5.74, 6) is 2.38. The van der Waals surface area contributed by atoms with E-state index in [0.29, 0.717) is 73.4 Å². The Morgan fingerprint density at radius 2 is 1.30 bits per heavy atom. The molecule has 0 spiro atoms. The summed E-state index contributed by atoms with van der Waals surface area (Å²) < 4.78 is 9.03. The van der Waals surface area contributed by atoms with Gasteiger partial charge in [0.25, 0.3) is 0 Å². The lowest BCUT2D eigenvalue weighted by molar-refractivity contribution is -0.119. The Morgan fingerprint density at radius 1 is 0.738 bits per heavy atom. The Kier molecular flexibility index (Phi) is 11.2. The van der Waals surface area contributed by atoms with Crippen molar-refractivity contribution in [1.29, 1.82) is 0 Å². The highest BCUT2D eigenvalue weighted by molar-refractivity contribution is 5.83. The highest BCUT2D eigenvalue weighted by atomic mass is 16.6. The van der Waals surface area contributed by atoms with Gasteiger partial charge in [-0.1, -0.05) is 12.1 Å². The SMILES string of the molecule is CC(C)(C)OC(=O)N1CCC(c2cn3ncnc3c(Nc3ccc4c(c3)CC(=O)CCC4)n2)C1.O=C1CCCc2ccc(Nc3nc(C4CCNC4)cn4ncnc34)cc2C1. The lowest BCUT2D eigenvalue weighted by Crippen LogP contribution is -2.35. The second-order valence-corrected chi connectivity index (χ2v) is 17.5. The van der Waals surface area contributed by atoms with Crippen LogP contribution in [0.1, 0.15) is 105 Å². The highest BCUT2D eigenvalue weighted by Gasteiger charge is 2.32. The van der Waals surface area contributed by atoms with Crippen LogP contribution < -0.4 is 16.0 Å². The molecule has 0 radical (unpaired) electrons. The number of amides is 1. The minimum absolute atomic E-state index is 0.0753. The summed E-state index contributed by atoms with van der Waals surface area (Å²) in [6.07, 6.45) is 14.5. The molecule has 16 heteroatoms. The van der Waals surface area contributed by atoms with Crippen LogP contribution in [-0.4, -0.2) is 93.5 Å². The molecule has 2 unspecified atom stereocenters. The fourth-order valence-corrected chi connectivity index (χ4v) is 8.71. The molecular formula is C45H52N12O4. The molecule has 2 atom stereocenters. The molecule has 2 aliphatic carbocycles. The van der Waals surface area contributed by atoms with Crippen LogP contribution in [0.4, 0.5) is 27.8 Å². The largest absolute Gasteiger partial charge is 0.444 e. The molecular weight excluding hydrogens is 773 g/mol. The van der Waals surface area contributed by atoms with Crippen LogP contribution in [0.5, 0.6) is 0 Å². The van der Waals surface area contributed by atoms with E-state index in [-0.39, 0.29) is 17.8 Å². The van der Waals surface area contributed by atoms with Gasteiger partial charge < -0.3 is 25.6 Å². The van der Waals surface area contributed by atoms with Crippen LogP contribution in [0.15, 0.2) is 61.4 Å². The standard InChI is InChI=1S/C25H30N6O3.C20H22N6O/c1-25(2,3)34-24(33)30-10-9-17(13-30)21-14-31-23(26-15-27-31)22(29-21)28-19-8-7-16-5-4-6-20(32)12-18(16)11-19;27-17-3-1-2-13-4-5-16(8-15(13)9-17)24-19-20-22-12-23-26(20)11-18(25-19)14-6-7-21-10-14/h7-8,11,14-15,17H,4-6,9-10,12-13H2,1-3H3,(H,28,29);4-5,8,11-12,14,21H,1-3,6-7,9-10H2,(H,24,25). The van der Waals surface area contributed by atoms with E-state index in [9.17, 15) is 14.4 Å². The van der Waals surface area contributed by atoms with E-state index in [1.165, 1.54) is 17.5 Å². The zero-order valence-corrected chi connectivity index (χ0v) is 35.0. The van der Waals surface area contributed by atoms with Gasteiger partial charge in [-0.3, -0.25) is 9.59 Å². The van der Waals surface area contributed by atoms with E-state index in [0.717, 1.165) is 85.5 Å². The number of hydrogen-bond donors (Lipinski definition) is 3. The van der Waals surface area contributed by atoms with E-state index in [1.807, 2.05) is 45.3 Å². The van der Waals surface area contributed by atoms with Gasteiger partial charge in [-0.2, -0.15) is 10.2 Å². The summed E-state index contributed by atoms with van der Waals surface area (Å²) in [5, 5.41) is 18.8. The van der Waals surface area contributed by atoms with Crippen molar-refractivity contribution in [2.75, 3.05) is 36.8 Å². The summed E-state index contributed by atoms with van der Waals surface area (Å²) in [6, 6.07) is 12.4. The molecule has 16 nitrogen and oxygen atoms in total. The number of rotatable bonds is 6. The van der Waals surface area contributed by atoms with Gasteiger partial charge in [0.05, 0.1) is 23.8 Å². The molecule has 1 amide bonds. The molecule has 61 heavy (non-hydrogen) atoms. The van der Waals surface area contributed by atoms with Gasteiger partial charge in [-0.25, -0.2) is 33.8 Å². The van der Waals surface area contributed by atoms with Crippen LogP contribution in [0.25, 0.3) is 11.3 Å². The number of ether oxygens (including phenoxy) is 1. The second-order valence-electron chi connectivity index (χ2n) is 17.5. The number of aryl methyl sites for hydroxylation is 2. The zero-order chi connectivity index (χ0) is 42.1. The van der Waals surface area contributed by atoms with E-state index in [2.05, 4.69) is 60.4 Å². The van der Waals surface area contributed by atoms with E-state index in [4.69, 9.17) is 14.7 Å². The number of carbonyl (C=O) groups is 3. The first kappa shape index (κ1) is 40.1. The number of carbonyl (C=O) groups excluding carboxylic acids is 3. The first-order valence-corrected chi connectivity index (χ1v) is 21.4. The Balaban J connectivity index is 0.000000160. The van der Waals surface area contributed by atoms with Crippen LogP contribution in [0, 0.1) is 0 Å². The normalized spacial score (nSPS) is 19.2. The van der Waals surface area contributed by atoms with Gasteiger partial charge in [-0.05, 0) is 112 Å². The molecule has 4 aliphatic rings. The van der Waals surface area contributed by atoms with E-state index < -0.39 is 5.60 Å². The lowest BCUT2D eigenvalue weighted by Gasteiger charge is -2.24. The summed E-state index contributed by atoms with van der Waals surface area (Å²) in [4.78, 5) is 56.8. The molecule has 2 aromatic carbocycles. The van der Waals surface area contributed by atoms with Crippen LogP contribution >= 0.6 is 0 Å². The average molecular weight is 825 g/mol. The Morgan fingerprint density at radius 3 is 1.82 bits per heavy atom. The number of nitrogens with zero attached hydrogens (tertiary/aromatic N) is 9. The van der Waals surface area contributed by atoms with Crippen molar-refractivity contribution in [3.05, 3.63) is 95.1 Å². The van der Waals surface area contributed by atoms with Crippen molar-refractivity contribution in [3.8, 4) is 0 Å². The first-order chi connectivity index (χ1) is 29.5. The number of benzene rings is 2. The second kappa shape index (κ2) is 17.0. The third kappa shape index (κ3) is 9.23. The summed E-state index contributed by atoms with van der Waals surface area (Å²) in [7, 11) is 0. The van der Waals surface area contributed by atoms with Gasteiger partial charge in [0.15, 0.2) is 22.9 Å². The molecule has 0 bridgehead atoms. The minimum Gasteiger partial charge on any atom is -0.444 e. The van der Waals surface area contributed by atoms with Crippen molar-refractivity contribution < 1.29 is 19.1 Å². The Hall–Kier alpha value is -6.29. The molecule has 2 aliphatic heterocycles. The van der Waals surface area contributed by atoms with E-state index >= 15 is 0 Å². The first-order valence-electron chi connectivity index (χ1n) is 21.4. The van der Waals surface area contributed by atoms with Gasteiger partial charge in [0.1, 0.15) is 29.8 Å². The maximum absolute atomic E-state index is 12.5. The monoisotopic (exact) mass is 824 g/mol. The molecule has 4 aromatic heterocycles. The maximum Gasteiger partial charge on any atom is 0.410 e. The molecule has 316 valence electrons. The molecule has 2 saturated heterocycles. The number of nitrogens with one attached hydrogen (secondary N) is 3. The zero-order valence-electron chi connectivity index (χ0n) is 35.0. The number of hydrogen-bond acceptors (Lipinski definition) is 13. The third-order valence-corrected chi connectivity index (χ3v) is 11.8. The molecule has 0 saturated carbocycles. The highest BCUT2D eigenvalue weighted by Crippen LogP contribution is 2.32. The molecule has 2 fully saturated rings. The summed E-state index contributed by atoms with van der Waals surface area (Å²) >= 11 is 0. The van der Waals surface area contributed by atoms with Crippen molar-refractivity contribution in [2.24, 2.45) is 0 Å². The predicted molar refractivity (Wildman–Crippen MR) is 230 cm³/mol. The van der Waals surface area contributed by atoms with Crippen molar-refractivity contribution in [3.63, 3.8) is 0 Å². The topological polar surface area (TPSA) is 186 Å². The minimum atomic E-state index is -0.525. The van der Waals surface area contributed by atoms with Crippen LogP contribution in [-0.2, 0) is 40.0 Å². The third-order valence-electron chi connectivity index (χ3n) is 11.8. The molecule has 6 heterocycles. The quantitative estimate of drug-likeness (QED) is 0.156. The fraction of sp³-hybridized carbons (Fsp3) is 0.444. The lowest BCUT2D eigenvalue weighted by atomic mass is 10.0. The number of Topliss-reactive ketones (excluding diaryl/α,β-unsaturated/α-hetero) is 2. The number of aromatic nitrogens is 8. The average Bonchev–Trinajstić information content (AvgIpc) is 4.05. The van der Waals surface area contributed by atoms with Crippen LogP contribution in [0.3, 0.4) is 0 Å². The fourth-order valence-electron chi connectivity index (χ4n) is 8.71. The van der Waals surface area contributed by atoms with Gasteiger partial charge >= 0.3 is 6.09 Å². The number of anilines is 4. The summed E-state index contributed by atoms with van der Waals surface area (Å²) in [5.41, 5.74) is 9.17.